The fourth-order valence-corrected chi connectivity index (χ4v) is 2.68. The maximum Gasteiger partial charge on any atom is 0.255 e. The molecular weight excluding hydrogens is 292 g/mol. The van der Waals surface area contributed by atoms with E-state index in [0.717, 1.165) is 16.3 Å². The van der Waals surface area contributed by atoms with Crippen LogP contribution in [-0.4, -0.2) is 16.7 Å². The topological polar surface area (TPSA) is 34.0 Å². The van der Waals surface area contributed by atoms with Crippen LogP contribution in [0.2, 0.25) is 0 Å². The number of hydrogen-bond donors (Lipinski definition) is 1. The van der Waals surface area contributed by atoms with E-state index in [9.17, 15) is 4.79 Å². The molecule has 0 aliphatic heterocycles. The fourth-order valence-electron chi connectivity index (χ4n) is 2.22. The van der Waals surface area contributed by atoms with Crippen LogP contribution in [0, 0.1) is 0 Å². The number of hydrogen-bond acceptors (Lipinski definition) is 2. The Balaban J connectivity index is 1.81. The van der Waals surface area contributed by atoms with Crippen molar-refractivity contribution in [1.82, 2.24) is 4.57 Å². The van der Waals surface area contributed by atoms with E-state index in [-0.39, 0.29) is 5.91 Å². The number of nitrogens with zero attached hydrogens (tertiary/aromatic N) is 1. The molecule has 110 valence electrons. The Kier molecular flexibility index (Phi) is 4.30. The van der Waals surface area contributed by atoms with Crippen molar-refractivity contribution in [2.75, 3.05) is 11.6 Å². The summed E-state index contributed by atoms with van der Waals surface area (Å²) in [5.41, 5.74) is 2.42. The van der Waals surface area contributed by atoms with E-state index in [4.69, 9.17) is 0 Å². The minimum atomic E-state index is -0.104. The highest BCUT2D eigenvalue weighted by molar-refractivity contribution is 7.98. The molecule has 0 saturated carbocycles. The Labute approximate surface area is 134 Å². The quantitative estimate of drug-likeness (QED) is 0.722. The molecule has 2 aromatic carbocycles. The highest BCUT2D eigenvalue weighted by atomic mass is 32.2. The Morgan fingerprint density at radius 2 is 1.77 bits per heavy atom. The second kappa shape index (κ2) is 6.54. The van der Waals surface area contributed by atoms with Crippen LogP contribution in [0.1, 0.15) is 10.4 Å². The summed E-state index contributed by atoms with van der Waals surface area (Å²) in [6.45, 7) is 0. The first-order chi connectivity index (χ1) is 10.8. The normalized spacial score (nSPS) is 10.4. The van der Waals surface area contributed by atoms with Gasteiger partial charge in [-0.2, -0.15) is 0 Å². The van der Waals surface area contributed by atoms with Crippen molar-refractivity contribution >= 4 is 23.4 Å². The summed E-state index contributed by atoms with van der Waals surface area (Å²) in [6, 6.07) is 19.3. The Morgan fingerprint density at radius 3 is 2.55 bits per heavy atom. The Morgan fingerprint density at radius 1 is 1.00 bits per heavy atom. The molecule has 0 radical (unpaired) electrons. The van der Waals surface area contributed by atoms with Crippen molar-refractivity contribution in [2.24, 2.45) is 0 Å². The van der Waals surface area contributed by atoms with Gasteiger partial charge in [0.2, 0.25) is 0 Å². The molecule has 0 spiro atoms. The van der Waals surface area contributed by atoms with Crippen LogP contribution >= 0.6 is 11.8 Å². The van der Waals surface area contributed by atoms with Gasteiger partial charge >= 0.3 is 0 Å². The van der Waals surface area contributed by atoms with E-state index >= 15 is 0 Å². The average molecular weight is 308 g/mol. The van der Waals surface area contributed by atoms with Crippen molar-refractivity contribution in [3.8, 4) is 5.69 Å². The van der Waals surface area contributed by atoms with Crippen molar-refractivity contribution in [1.29, 1.82) is 0 Å². The first-order valence-electron chi connectivity index (χ1n) is 6.95. The predicted octanol–water partition coefficient (Wildman–Crippen LogP) is 4.45. The number of aromatic nitrogens is 1. The molecule has 1 aromatic heterocycles. The van der Waals surface area contributed by atoms with Gasteiger partial charge in [-0.3, -0.25) is 4.79 Å². The van der Waals surface area contributed by atoms with Crippen molar-refractivity contribution < 1.29 is 4.79 Å². The van der Waals surface area contributed by atoms with Crippen LogP contribution in [0.4, 0.5) is 5.69 Å². The van der Waals surface area contributed by atoms with Gasteiger partial charge in [0.15, 0.2) is 0 Å². The molecule has 0 atom stereocenters. The number of thioether (sulfide) groups is 1. The average Bonchev–Trinajstić information content (AvgIpc) is 3.09. The Hall–Kier alpha value is -2.46. The summed E-state index contributed by atoms with van der Waals surface area (Å²) in [6.07, 6.45) is 5.93. The van der Waals surface area contributed by atoms with E-state index < -0.39 is 0 Å². The third kappa shape index (κ3) is 3.23. The van der Waals surface area contributed by atoms with Crippen LogP contribution in [0.3, 0.4) is 0 Å². The van der Waals surface area contributed by atoms with E-state index in [1.54, 1.807) is 11.8 Å². The molecular formula is C18H16N2OS. The molecule has 1 N–H and O–H groups in total. The lowest BCUT2D eigenvalue weighted by Gasteiger charge is -2.08. The maximum atomic E-state index is 12.4. The lowest BCUT2D eigenvalue weighted by molar-refractivity contribution is 0.102. The van der Waals surface area contributed by atoms with Gasteiger partial charge in [0.05, 0.1) is 0 Å². The minimum absolute atomic E-state index is 0.104. The lowest BCUT2D eigenvalue weighted by Crippen LogP contribution is -2.12. The smallest absolute Gasteiger partial charge is 0.255 e. The third-order valence-electron chi connectivity index (χ3n) is 3.34. The summed E-state index contributed by atoms with van der Waals surface area (Å²) in [4.78, 5) is 13.5. The van der Waals surface area contributed by atoms with E-state index in [1.165, 1.54) is 0 Å². The third-order valence-corrected chi connectivity index (χ3v) is 4.06. The monoisotopic (exact) mass is 308 g/mol. The summed E-state index contributed by atoms with van der Waals surface area (Å²) in [5, 5.41) is 2.94. The molecule has 4 heteroatoms. The molecule has 22 heavy (non-hydrogen) atoms. The van der Waals surface area contributed by atoms with Crippen LogP contribution in [-0.2, 0) is 0 Å². The second-order valence-corrected chi connectivity index (χ2v) is 5.71. The van der Waals surface area contributed by atoms with Gasteiger partial charge in [-0.15, -0.1) is 11.8 Å². The van der Waals surface area contributed by atoms with Gasteiger partial charge in [0.25, 0.3) is 5.91 Å². The number of nitrogens with one attached hydrogen (secondary N) is 1. The van der Waals surface area contributed by atoms with Crippen LogP contribution < -0.4 is 5.32 Å². The van der Waals surface area contributed by atoms with Gasteiger partial charge < -0.3 is 9.88 Å². The second-order valence-electron chi connectivity index (χ2n) is 4.83. The maximum absolute atomic E-state index is 12.4. The number of amides is 1. The van der Waals surface area contributed by atoms with E-state index in [0.29, 0.717) is 5.56 Å². The molecule has 0 aliphatic rings. The standard InChI is InChI=1S/C18H16N2OS/c1-22-17-9-5-7-15(13-17)19-18(21)14-6-4-8-16(12-14)20-10-2-3-11-20/h2-13H,1H3,(H,19,21). The molecule has 3 aromatic rings. The van der Waals surface area contributed by atoms with Gasteiger partial charge in [-0.05, 0) is 54.8 Å². The van der Waals surface area contributed by atoms with Gasteiger partial charge in [0.1, 0.15) is 0 Å². The first kappa shape index (κ1) is 14.5. The number of benzene rings is 2. The number of carbonyl (C=O) groups is 1. The van der Waals surface area contributed by atoms with Gasteiger partial charge in [-0.1, -0.05) is 12.1 Å². The molecule has 1 heterocycles. The number of anilines is 1. The number of carbonyl (C=O) groups excluding carboxylic acids is 1. The van der Waals surface area contributed by atoms with Crippen LogP contribution in [0.25, 0.3) is 5.69 Å². The minimum Gasteiger partial charge on any atom is -0.324 e. The molecule has 0 aliphatic carbocycles. The summed E-state index contributed by atoms with van der Waals surface area (Å²) >= 11 is 1.65. The van der Waals surface area contributed by atoms with Crippen molar-refractivity contribution in [3.05, 3.63) is 78.6 Å². The molecule has 0 bridgehead atoms. The summed E-state index contributed by atoms with van der Waals surface area (Å²) < 4.78 is 1.98. The number of rotatable bonds is 4. The van der Waals surface area contributed by atoms with Crippen molar-refractivity contribution in [3.63, 3.8) is 0 Å². The molecule has 0 unspecified atom stereocenters. The molecule has 3 rings (SSSR count). The van der Waals surface area contributed by atoms with Crippen molar-refractivity contribution in [2.45, 2.75) is 4.90 Å². The van der Waals surface area contributed by atoms with E-state index in [1.807, 2.05) is 83.9 Å². The molecule has 1 amide bonds. The van der Waals surface area contributed by atoms with Gasteiger partial charge in [0, 0.05) is 34.2 Å². The van der Waals surface area contributed by atoms with E-state index in [2.05, 4.69) is 5.32 Å². The molecule has 3 nitrogen and oxygen atoms in total. The SMILES string of the molecule is CSc1cccc(NC(=O)c2cccc(-n3cccc3)c2)c1. The molecule has 0 saturated heterocycles. The predicted molar refractivity (Wildman–Crippen MR) is 91.9 cm³/mol. The largest absolute Gasteiger partial charge is 0.324 e. The highest BCUT2D eigenvalue weighted by Gasteiger charge is 2.07. The Bertz CT molecular complexity index is 781. The van der Waals surface area contributed by atoms with Crippen LogP contribution in [0.5, 0.6) is 0 Å². The zero-order valence-corrected chi connectivity index (χ0v) is 13.0. The summed E-state index contributed by atoms with van der Waals surface area (Å²) in [7, 11) is 0. The molecule has 0 fully saturated rings. The fraction of sp³-hybridized carbons (Fsp3) is 0.0556. The highest BCUT2D eigenvalue weighted by Crippen LogP contribution is 2.20. The zero-order chi connectivity index (χ0) is 15.4. The lowest BCUT2D eigenvalue weighted by atomic mass is 10.2. The zero-order valence-electron chi connectivity index (χ0n) is 12.2. The summed E-state index contributed by atoms with van der Waals surface area (Å²) in [5.74, 6) is -0.104. The first-order valence-corrected chi connectivity index (χ1v) is 8.17. The van der Waals surface area contributed by atoms with Crippen LogP contribution in [0.15, 0.2) is 78.0 Å². The van der Waals surface area contributed by atoms with Gasteiger partial charge in [-0.25, -0.2) is 0 Å².